The van der Waals surface area contributed by atoms with Crippen molar-refractivity contribution in [1.29, 1.82) is 0 Å². The zero-order valence-electron chi connectivity index (χ0n) is 16.8. The number of benzene rings is 2. The second-order valence-corrected chi connectivity index (χ2v) is 8.18. The molecule has 2 bridgehead atoms. The molecule has 0 spiro atoms. The average molecular weight is 410 g/mol. The van der Waals surface area contributed by atoms with E-state index in [1.807, 2.05) is 18.2 Å². The summed E-state index contributed by atoms with van der Waals surface area (Å²) >= 11 is 0. The van der Waals surface area contributed by atoms with Crippen molar-refractivity contribution in [1.82, 2.24) is 25.3 Å². The van der Waals surface area contributed by atoms with Gasteiger partial charge in [0.25, 0.3) is 5.95 Å². The van der Waals surface area contributed by atoms with Crippen molar-refractivity contribution in [2.75, 3.05) is 12.0 Å². The Balaban J connectivity index is 1.15. The molecule has 0 radical (unpaired) electrons. The smallest absolute Gasteiger partial charge is 0.333 e. The predicted molar refractivity (Wildman–Crippen MR) is 118 cm³/mol. The Bertz CT molecular complexity index is 1200. The second-order valence-electron chi connectivity index (χ2n) is 8.18. The third-order valence-corrected chi connectivity index (χ3v) is 6.48. The van der Waals surface area contributed by atoms with E-state index in [-0.39, 0.29) is 6.03 Å². The fourth-order valence-corrected chi connectivity index (χ4v) is 5.22. The molecule has 2 aromatic carbocycles. The van der Waals surface area contributed by atoms with Crippen molar-refractivity contribution in [2.24, 2.45) is 5.92 Å². The molecule has 1 unspecified atom stereocenters. The van der Waals surface area contributed by atoms with Crippen LogP contribution in [0.15, 0.2) is 72.9 Å². The van der Waals surface area contributed by atoms with Crippen LogP contribution in [0.25, 0.3) is 5.65 Å². The third-order valence-electron chi connectivity index (χ3n) is 6.48. The minimum Gasteiger partial charge on any atom is -0.336 e. The van der Waals surface area contributed by atoms with Gasteiger partial charge in [0, 0.05) is 24.6 Å². The van der Waals surface area contributed by atoms with Gasteiger partial charge in [-0.2, -0.15) is 4.98 Å². The fraction of sp³-hybridized carbons (Fsp3) is 0.208. The van der Waals surface area contributed by atoms with Gasteiger partial charge in [-0.1, -0.05) is 54.6 Å². The summed E-state index contributed by atoms with van der Waals surface area (Å²) in [5.41, 5.74) is 11.8. The second kappa shape index (κ2) is 7.12. The first kappa shape index (κ1) is 17.9. The maximum absolute atomic E-state index is 12.4. The Labute approximate surface area is 179 Å². The molecule has 0 saturated carbocycles. The number of hydrogen-bond donors (Lipinski definition) is 3. The van der Waals surface area contributed by atoms with E-state index in [9.17, 15) is 4.79 Å². The molecule has 2 heterocycles. The summed E-state index contributed by atoms with van der Waals surface area (Å²) < 4.78 is 1.65. The van der Waals surface area contributed by atoms with E-state index in [0.717, 1.165) is 6.42 Å². The molecule has 0 saturated heterocycles. The van der Waals surface area contributed by atoms with Gasteiger partial charge in [-0.15, -0.1) is 5.10 Å². The van der Waals surface area contributed by atoms with E-state index in [4.69, 9.17) is 0 Å². The van der Waals surface area contributed by atoms with E-state index in [0.29, 0.717) is 35.9 Å². The Morgan fingerprint density at radius 3 is 2.32 bits per heavy atom. The van der Waals surface area contributed by atoms with Crippen LogP contribution in [0.2, 0.25) is 0 Å². The first-order chi connectivity index (χ1) is 15.3. The van der Waals surface area contributed by atoms with Gasteiger partial charge in [0.15, 0.2) is 5.65 Å². The lowest BCUT2D eigenvalue weighted by Crippen LogP contribution is -2.44. The Hall–Kier alpha value is -3.87. The first-order valence-electron chi connectivity index (χ1n) is 10.6. The number of amides is 2. The lowest BCUT2D eigenvalue weighted by atomic mass is 9.59. The molecule has 4 aromatic rings. The van der Waals surface area contributed by atoms with Gasteiger partial charge in [0.05, 0.1) is 0 Å². The highest BCUT2D eigenvalue weighted by Gasteiger charge is 2.42. The summed E-state index contributed by atoms with van der Waals surface area (Å²) in [5, 5.41) is 7.30. The van der Waals surface area contributed by atoms with Crippen molar-refractivity contribution >= 4 is 17.6 Å². The Kier molecular flexibility index (Phi) is 4.12. The van der Waals surface area contributed by atoms with E-state index in [1.54, 1.807) is 10.7 Å². The van der Waals surface area contributed by atoms with Crippen LogP contribution in [0.3, 0.4) is 0 Å². The van der Waals surface area contributed by atoms with Crippen LogP contribution in [0.4, 0.5) is 10.7 Å². The van der Waals surface area contributed by atoms with Crippen LogP contribution >= 0.6 is 0 Å². The molecule has 2 amide bonds. The van der Waals surface area contributed by atoms with Crippen molar-refractivity contribution in [3.8, 4) is 0 Å². The molecule has 31 heavy (non-hydrogen) atoms. The molecule has 0 fully saturated rings. The van der Waals surface area contributed by atoms with Crippen LogP contribution in [-0.2, 0) is 0 Å². The number of urea groups is 1. The number of anilines is 1. The molecular formula is C24H22N6O. The highest BCUT2D eigenvalue weighted by atomic mass is 16.2. The van der Waals surface area contributed by atoms with Crippen molar-refractivity contribution in [3.63, 3.8) is 0 Å². The summed E-state index contributed by atoms with van der Waals surface area (Å²) in [7, 11) is 0. The van der Waals surface area contributed by atoms with Crippen molar-refractivity contribution in [2.45, 2.75) is 18.3 Å². The normalized spacial score (nSPS) is 20.7. The van der Waals surface area contributed by atoms with Crippen molar-refractivity contribution in [3.05, 3.63) is 95.2 Å². The molecule has 0 aliphatic heterocycles. The maximum atomic E-state index is 12.4. The summed E-state index contributed by atoms with van der Waals surface area (Å²) in [4.78, 5) is 16.7. The Morgan fingerprint density at radius 1 is 0.935 bits per heavy atom. The zero-order valence-corrected chi connectivity index (χ0v) is 16.8. The van der Waals surface area contributed by atoms with E-state index in [2.05, 4.69) is 74.8 Å². The molecule has 3 aliphatic carbocycles. The SMILES string of the molecule is O=C(NCC1CC2c3ccccc3C1c1ccccc12)NNc1nc2ccccn2n1. The van der Waals surface area contributed by atoms with E-state index >= 15 is 0 Å². The Morgan fingerprint density at radius 2 is 1.61 bits per heavy atom. The van der Waals surface area contributed by atoms with Crippen molar-refractivity contribution < 1.29 is 4.79 Å². The molecule has 1 atom stereocenters. The number of hydrogen-bond acceptors (Lipinski definition) is 4. The van der Waals surface area contributed by atoms with Gasteiger partial charge in [0.2, 0.25) is 0 Å². The largest absolute Gasteiger partial charge is 0.336 e. The lowest BCUT2D eigenvalue weighted by Gasteiger charge is -2.45. The fourth-order valence-electron chi connectivity index (χ4n) is 5.22. The molecule has 7 heteroatoms. The number of aromatic nitrogens is 3. The molecule has 7 nitrogen and oxygen atoms in total. The number of hydrazine groups is 1. The van der Waals surface area contributed by atoms with Gasteiger partial charge in [-0.3, -0.25) is 5.43 Å². The predicted octanol–water partition coefficient (Wildman–Crippen LogP) is 3.65. The van der Waals surface area contributed by atoms with Gasteiger partial charge in [0.1, 0.15) is 0 Å². The van der Waals surface area contributed by atoms with E-state index in [1.165, 1.54) is 22.3 Å². The van der Waals surface area contributed by atoms with Crippen LogP contribution in [0.5, 0.6) is 0 Å². The lowest BCUT2D eigenvalue weighted by molar-refractivity contribution is 0.237. The van der Waals surface area contributed by atoms with Crippen LogP contribution in [-0.4, -0.2) is 27.2 Å². The molecule has 154 valence electrons. The maximum Gasteiger partial charge on any atom is 0.333 e. The van der Waals surface area contributed by atoms with Crippen LogP contribution in [0, 0.1) is 5.92 Å². The number of rotatable bonds is 4. The number of carbonyl (C=O) groups excluding carboxylic acids is 1. The highest BCUT2D eigenvalue weighted by molar-refractivity contribution is 5.75. The average Bonchev–Trinajstić information content (AvgIpc) is 3.25. The molecule has 3 N–H and O–H groups in total. The van der Waals surface area contributed by atoms with Gasteiger partial charge in [-0.05, 0) is 46.7 Å². The summed E-state index contributed by atoms with van der Waals surface area (Å²) in [6, 6.07) is 22.8. The highest BCUT2D eigenvalue weighted by Crippen LogP contribution is 2.55. The number of carbonyl (C=O) groups is 1. The number of nitrogens with zero attached hydrogens (tertiary/aromatic N) is 3. The van der Waals surface area contributed by atoms with Gasteiger partial charge >= 0.3 is 6.03 Å². The van der Waals surface area contributed by atoms with E-state index < -0.39 is 0 Å². The summed E-state index contributed by atoms with van der Waals surface area (Å²) in [6.07, 6.45) is 2.85. The quantitative estimate of drug-likeness (QED) is 0.449. The summed E-state index contributed by atoms with van der Waals surface area (Å²) in [5.74, 6) is 1.41. The molecule has 2 aromatic heterocycles. The van der Waals surface area contributed by atoms with Crippen LogP contribution in [0.1, 0.15) is 40.5 Å². The first-order valence-corrected chi connectivity index (χ1v) is 10.6. The molecular weight excluding hydrogens is 388 g/mol. The number of pyridine rings is 1. The number of nitrogens with one attached hydrogen (secondary N) is 3. The topological polar surface area (TPSA) is 83.4 Å². The number of fused-ring (bicyclic) bond motifs is 2. The molecule has 3 aliphatic rings. The van der Waals surface area contributed by atoms with Gasteiger partial charge < -0.3 is 5.32 Å². The standard InChI is InChI=1S/C24H22N6O/c31-24(28-27-23-26-21-11-5-6-12-30(21)29-23)25-14-15-13-20-16-7-1-3-9-18(16)22(15)19-10-4-2-8-17(19)20/h1-12,15,20,22H,13-14H2,(H,27,29)(H2,25,28,31). The minimum atomic E-state index is -0.290. The van der Waals surface area contributed by atoms with Gasteiger partial charge in [-0.25, -0.2) is 14.7 Å². The molecule has 7 rings (SSSR count). The monoisotopic (exact) mass is 410 g/mol. The summed E-state index contributed by atoms with van der Waals surface area (Å²) in [6.45, 7) is 0.607. The third kappa shape index (κ3) is 3.01. The minimum absolute atomic E-state index is 0.290. The van der Waals surface area contributed by atoms with Crippen LogP contribution < -0.4 is 16.2 Å². The zero-order chi connectivity index (χ0) is 20.8.